The highest BCUT2D eigenvalue weighted by atomic mass is 79.9. The van der Waals surface area contributed by atoms with Crippen molar-refractivity contribution in [2.75, 3.05) is 51.3 Å². The molecule has 10 heteroatoms. The normalized spacial score (nSPS) is 10.5. The molecule has 4 aromatic carbocycles. The molecular formula is C38H42Br2O8. The maximum atomic E-state index is 12.0. The highest BCUT2D eigenvalue weighted by Crippen LogP contribution is 2.30. The van der Waals surface area contributed by atoms with Crippen LogP contribution in [-0.2, 0) is 9.47 Å². The molecule has 4 rings (SSSR count). The Morgan fingerprint density at radius 2 is 0.771 bits per heavy atom. The molecule has 0 aliphatic carbocycles. The largest absolute Gasteiger partial charge is 0.491 e. The molecule has 8 nitrogen and oxygen atoms in total. The fraction of sp³-hybridized carbons (Fsp3) is 0.316. The highest BCUT2D eigenvalue weighted by molar-refractivity contribution is 9.09. The summed E-state index contributed by atoms with van der Waals surface area (Å²) in [4.78, 5) is 23.9. The van der Waals surface area contributed by atoms with Crippen LogP contribution in [0.3, 0.4) is 0 Å². The predicted octanol–water partition coefficient (Wildman–Crippen LogP) is 9.40. The minimum Gasteiger partial charge on any atom is -0.491 e. The number of rotatable bonds is 16. The number of hydrogen-bond acceptors (Lipinski definition) is 8. The van der Waals surface area contributed by atoms with Crippen LogP contribution in [0.25, 0.3) is 0 Å². The van der Waals surface area contributed by atoms with Crippen LogP contribution in [0, 0.1) is 27.7 Å². The van der Waals surface area contributed by atoms with E-state index < -0.39 is 0 Å². The van der Waals surface area contributed by atoms with E-state index in [-0.39, 0.29) is 11.6 Å². The third kappa shape index (κ3) is 11.8. The molecule has 0 N–H and O–H groups in total. The van der Waals surface area contributed by atoms with Gasteiger partial charge in [0.05, 0.1) is 23.9 Å². The summed E-state index contributed by atoms with van der Waals surface area (Å²) in [6, 6.07) is 22.3. The first kappa shape index (κ1) is 38.7. The van der Waals surface area contributed by atoms with Gasteiger partial charge in [0.1, 0.15) is 47.7 Å². The number of carbonyl (C=O) groups excluding carboxylic acids is 2. The van der Waals surface area contributed by atoms with Gasteiger partial charge >= 0.3 is 0 Å². The van der Waals surface area contributed by atoms with E-state index in [1.807, 2.05) is 100 Å². The lowest BCUT2D eigenvalue weighted by Crippen LogP contribution is -2.06. The van der Waals surface area contributed by atoms with Gasteiger partial charge in [0, 0.05) is 25.3 Å². The zero-order valence-corrected chi connectivity index (χ0v) is 31.4. The van der Waals surface area contributed by atoms with Gasteiger partial charge in [-0.05, 0) is 123 Å². The van der Waals surface area contributed by atoms with Crippen molar-refractivity contribution in [3.63, 3.8) is 0 Å². The van der Waals surface area contributed by atoms with Gasteiger partial charge in [0.25, 0.3) is 0 Å². The van der Waals surface area contributed by atoms with Gasteiger partial charge in [-0.1, -0.05) is 31.9 Å². The van der Waals surface area contributed by atoms with E-state index >= 15 is 0 Å². The summed E-state index contributed by atoms with van der Waals surface area (Å²) in [5.41, 5.74) is 5.15. The summed E-state index contributed by atoms with van der Waals surface area (Å²) in [7, 11) is 3.28. The molecule has 0 spiro atoms. The molecule has 4 aromatic rings. The van der Waals surface area contributed by atoms with Crippen LogP contribution in [0.15, 0.2) is 72.8 Å². The Morgan fingerprint density at radius 3 is 1.04 bits per heavy atom. The molecule has 0 atom stereocenters. The maximum absolute atomic E-state index is 12.0. The molecule has 256 valence electrons. The smallest absolute Gasteiger partial charge is 0.173 e. The van der Waals surface area contributed by atoms with Crippen molar-refractivity contribution in [3.8, 4) is 34.5 Å². The lowest BCUT2D eigenvalue weighted by molar-refractivity contribution is 0.101. The van der Waals surface area contributed by atoms with Crippen LogP contribution in [-0.4, -0.2) is 62.9 Å². The molecule has 0 amide bonds. The fourth-order valence-corrected chi connectivity index (χ4v) is 5.51. The number of ketones is 2. The lowest BCUT2D eigenvalue weighted by atomic mass is 9.99. The topological polar surface area (TPSA) is 89.5 Å². The van der Waals surface area contributed by atoms with Gasteiger partial charge in [0.15, 0.2) is 11.6 Å². The fourth-order valence-electron chi connectivity index (χ4n) is 4.94. The Kier molecular flexibility index (Phi) is 16.1. The summed E-state index contributed by atoms with van der Waals surface area (Å²) < 4.78 is 32.7. The Balaban J connectivity index is 0.000000260. The molecule has 0 saturated heterocycles. The van der Waals surface area contributed by atoms with E-state index in [2.05, 4.69) is 31.9 Å². The quantitative estimate of drug-likeness (QED) is 0.0631. The van der Waals surface area contributed by atoms with E-state index in [1.165, 1.54) is 0 Å². The third-order valence-electron chi connectivity index (χ3n) is 7.04. The van der Waals surface area contributed by atoms with E-state index in [9.17, 15) is 9.59 Å². The van der Waals surface area contributed by atoms with E-state index in [0.717, 1.165) is 44.9 Å². The summed E-state index contributed by atoms with van der Waals surface area (Å²) in [6.07, 6.45) is 0. The van der Waals surface area contributed by atoms with Gasteiger partial charge in [-0.25, -0.2) is 0 Å². The highest BCUT2D eigenvalue weighted by Gasteiger charge is 2.14. The molecular weight excluding hydrogens is 744 g/mol. The number of alkyl halides is 2. The summed E-state index contributed by atoms with van der Waals surface area (Å²) >= 11 is 6.44. The van der Waals surface area contributed by atoms with Crippen molar-refractivity contribution >= 4 is 43.4 Å². The third-order valence-corrected chi connectivity index (χ3v) is 8.06. The first-order valence-corrected chi connectivity index (χ1v) is 17.5. The van der Waals surface area contributed by atoms with Crippen LogP contribution in [0.5, 0.6) is 34.5 Å². The van der Waals surface area contributed by atoms with Gasteiger partial charge in [0.2, 0.25) is 0 Å². The van der Waals surface area contributed by atoms with Crippen molar-refractivity contribution in [1.82, 2.24) is 0 Å². The van der Waals surface area contributed by atoms with Crippen LogP contribution in [0.4, 0.5) is 0 Å². The van der Waals surface area contributed by atoms with Crippen LogP contribution < -0.4 is 18.9 Å². The molecule has 0 saturated carbocycles. The minimum absolute atomic E-state index is 0.0779. The van der Waals surface area contributed by atoms with Crippen molar-refractivity contribution < 1.29 is 38.0 Å². The standard InChI is InChI=1S/2C19H21BrO4/c2*1-13-10-17(11-14(2)19(13)18(21)12-20)24-16-6-4-15(5-7-16)23-9-8-22-3/h2*4-7,10-11H,8-9,12H2,1-3H3. The van der Waals surface area contributed by atoms with Gasteiger partial charge in [-0.3, -0.25) is 9.59 Å². The number of methoxy groups -OCH3 is 2. The maximum Gasteiger partial charge on any atom is 0.173 e. The molecule has 0 aliphatic rings. The van der Waals surface area contributed by atoms with E-state index in [4.69, 9.17) is 28.4 Å². The van der Waals surface area contributed by atoms with Gasteiger partial charge < -0.3 is 28.4 Å². The summed E-state index contributed by atoms with van der Waals surface area (Å²) in [5, 5.41) is 0.638. The number of aryl methyl sites for hydroxylation is 4. The van der Waals surface area contributed by atoms with E-state index in [1.54, 1.807) is 14.2 Å². The van der Waals surface area contributed by atoms with Crippen LogP contribution >= 0.6 is 31.9 Å². The number of benzene rings is 4. The zero-order chi connectivity index (χ0) is 35.1. The molecule has 0 heterocycles. The molecule has 0 radical (unpaired) electrons. The number of Topliss-reactive ketones (excluding diaryl/α,β-unsaturated/α-hetero) is 2. The second-order valence-electron chi connectivity index (χ2n) is 10.8. The SMILES string of the molecule is COCCOc1ccc(Oc2cc(C)c(C(=O)CBr)c(C)c2)cc1.COCCOc1ccc(Oc2cc(C)c(C(=O)CBr)c(C)c2)cc1. The number of hydrogen-bond donors (Lipinski definition) is 0. The van der Waals surface area contributed by atoms with Crippen LogP contribution in [0.2, 0.25) is 0 Å². The average Bonchev–Trinajstić information content (AvgIpc) is 3.06. The summed E-state index contributed by atoms with van der Waals surface area (Å²) in [6.45, 7) is 9.80. The van der Waals surface area contributed by atoms with Gasteiger partial charge in [-0.15, -0.1) is 0 Å². The molecule has 0 bridgehead atoms. The monoisotopic (exact) mass is 784 g/mol. The second-order valence-corrected chi connectivity index (χ2v) is 11.9. The molecule has 48 heavy (non-hydrogen) atoms. The van der Waals surface area contributed by atoms with Gasteiger partial charge in [-0.2, -0.15) is 0 Å². The molecule has 0 unspecified atom stereocenters. The van der Waals surface area contributed by atoms with Crippen molar-refractivity contribution in [2.45, 2.75) is 27.7 Å². The zero-order valence-electron chi connectivity index (χ0n) is 28.2. The predicted molar refractivity (Wildman–Crippen MR) is 196 cm³/mol. The van der Waals surface area contributed by atoms with Crippen LogP contribution in [0.1, 0.15) is 43.0 Å². The van der Waals surface area contributed by atoms with Crippen molar-refractivity contribution in [2.24, 2.45) is 0 Å². The minimum atomic E-state index is 0.0779. The van der Waals surface area contributed by atoms with Crippen molar-refractivity contribution in [3.05, 3.63) is 106 Å². The van der Waals surface area contributed by atoms with Crippen molar-refractivity contribution in [1.29, 1.82) is 0 Å². The first-order chi connectivity index (χ1) is 23.1. The lowest BCUT2D eigenvalue weighted by Gasteiger charge is -2.12. The Hall–Kier alpha value is -3.70. The molecule has 0 aromatic heterocycles. The second kappa shape index (κ2) is 20.0. The number of ether oxygens (including phenoxy) is 6. The number of halogens is 2. The average molecular weight is 787 g/mol. The first-order valence-electron chi connectivity index (χ1n) is 15.3. The molecule has 0 fully saturated rings. The number of carbonyl (C=O) groups is 2. The Labute approximate surface area is 299 Å². The summed E-state index contributed by atoms with van der Waals surface area (Å²) in [5.74, 6) is 4.55. The van der Waals surface area contributed by atoms with E-state index in [0.29, 0.717) is 60.1 Å². The Morgan fingerprint density at radius 1 is 0.479 bits per heavy atom. The Bertz CT molecular complexity index is 1470. The molecule has 0 aliphatic heterocycles.